The summed E-state index contributed by atoms with van der Waals surface area (Å²) in [5.74, 6) is -3.13. The Morgan fingerprint density at radius 2 is 2.00 bits per heavy atom. The molecular formula is C12H13ClFNO3. The molecule has 98 valence electrons. The molecule has 4 nitrogen and oxygen atoms in total. The molecule has 0 bridgehead atoms. The zero-order chi connectivity index (χ0) is 13.9. The van der Waals surface area contributed by atoms with Crippen LogP contribution in [0.3, 0.4) is 0 Å². The van der Waals surface area contributed by atoms with E-state index in [1.165, 1.54) is 18.2 Å². The average molecular weight is 274 g/mol. The maximum Gasteiger partial charge on any atom is 0.326 e. The van der Waals surface area contributed by atoms with Gasteiger partial charge >= 0.3 is 5.97 Å². The van der Waals surface area contributed by atoms with Crippen LogP contribution in [0.4, 0.5) is 4.39 Å². The van der Waals surface area contributed by atoms with Crippen molar-refractivity contribution in [3.63, 3.8) is 0 Å². The van der Waals surface area contributed by atoms with Gasteiger partial charge in [-0.15, -0.1) is 0 Å². The van der Waals surface area contributed by atoms with Gasteiger partial charge < -0.3 is 10.4 Å². The first kappa shape index (κ1) is 14.4. The molecule has 18 heavy (non-hydrogen) atoms. The second kappa shape index (κ2) is 5.82. The number of halogens is 2. The lowest BCUT2D eigenvalue weighted by atomic mass is 10.0. The van der Waals surface area contributed by atoms with E-state index >= 15 is 0 Å². The Labute approximate surface area is 109 Å². The van der Waals surface area contributed by atoms with Gasteiger partial charge in [-0.3, -0.25) is 4.79 Å². The Hall–Kier alpha value is -1.62. The molecule has 1 aromatic rings. The van der Waals surface area contributed by atoms with Gasteiger partial charge in [0, 0.05) is 0 Å². The molecule has 0 saturated carbocycles. The van der Waals surface area contributed by atoms with Gasteiger partial charge in [0.1, 0.15) is 6.04 Å². The monoisotopic (exact) mass is 273 g/mol. The van der Waals surface area contributed by atoms with Crippen molar-refractivity contribution in [3.8, 4) is 0 Å². The minimum absolute atomic E-state index is 0.181. The van der Waals surface area contributed by atoms with E-state index in [4.69, 9.17) is 16.7 Å². The van der Waals surface area contributed by atoms with Crippen LogP contribution in [0, 0.1) is 11.7 Å². The molecule has 0 radical (unpaired) electrons. The third kappa shape index (κ3) is 3.20. The van der Waals surface area contributed by atoms with Gasteiger partial charge in [-0.05, 0) is 18.1 Å². The summed E-state index contributed by atoms with van der Waals surface area (Å²) < 4.78 is 13.6. The van der Waals surface area contributed by atoms with Crippen LogP contribution in [0.15, 0.2) is 18.2 Å². The minimum atomic E-state index is -1.17. The number of carbonyl (C=O) groups is 2. The highest BCUT2D eigenvalue weighted by atomic mass is 35.5. The second-order valence-corrected chi connectivity index (χ2v) is 4.54. The van der Waals surface area contributed by atoms with Gasteiger partial charge in [-0.25, -0.2) is 9.18 Å². The average Bonchev–Trinajstić information content (AvgIpc) is 2.28. The highest BCUT2D eigenvalue weighted by Gasteiger charge is 2.25. The second-order valence-electron chi connectivity index (χ2n) is 4.13. The van der Waals surface area contributed by atoms with Gasteiger partial charge in [0.15, 0.2) is 5.82 Å². The van der Waals surface area contributed by atoms with Crippen LogP contribution in [0.25, 0.3) is 0 Å². The number of nitrogens with one attached hydrogen (secondary N) is 1. The van der Waals surface area contributed by atoms with Crippen LogP contribution >= 0.6 is 11.6 Å². The SMILES string of the molecule is CC(C)C(NC(=O)c1cccc(Cl)c1F)C(=O)O. The number of aliphatic carboxylic acids is 1. The van der Waals surface area contributed by atoms with Gasteiger partial charge in [-0.1, -0.05) is 31.5 Å². The zero-order valence-corrected chi connectivity index (χ0v) is 10.7. The number of carbonyl (C=O) groups excluding carboxylic acids is 1. The van der Waals surface area contributed by atoms with E-state index in [0.29, 0.717) is 0 Å². The van der Waals surface area contributed by atoms with Crippen molar-refractivity contribution in [2.24, 2.45) is 5.92 Å². The fourth-order valence-corrected chi connectivity index (χ4v) is 1.59. The topological polar surface area (TPSA) is 66.4 Å². The van der Waals surface area contributed by atoms with Gasteiger partial charge in [-0.2, -0.15) is 0 Å². The van der Waals surface area contributed by atoms with Crippen molar-refractivity contribution in [1.29, 1.82) is 0 Å². The number of hydrogen-bond donors (Lipinski definition) is 2. The minimum Gasteiger partial charge on any atom is -0.480 e. The molecule has 1 amide bonds. The number of carboxylic acid groups (broad SMARTS) is 1. The van der Waals surface area contributed by atoms with Crippen molar-refractivity contribution in [3.05, 3.63) is 34.6 Å². The summed E-state index contributed by atoms with van der Waals surface area (Å²) in [5, 5.41) is 11.0. The molecule has 0 heterocycles. The molecule has 0 aliphatic rings. The maximum absolute atomic E-state index is 13.6. The Balaban J connectivity index is 2.94. The molecule has 0 aliphatic heterocycles. The molecule has 0 fully saturated rings. The van der Waals surface area contributed by atoms with Crippen molar-refractivity contribution in [1.82, 2.24) is 5.32 Å². The molecule has 6 heteroatoms. The quantitative estimate of drug-likeness (QED) is 0.885. The molecule has 0 saturated heterocycles. The molecule has 2 N–H and O–H groups in total. The van der Waals surface area contributed by atoms with Crippen LogP contribution < -0.4 is 5.32 Å². The van der Waals surface area contributed by atoms with Gasteiger partial charge in [0.05, 0.1) is 10.6 Å². The first-order chi connectivity index (χ1) is 8.34. The van der Waals surface area contributed by atoms with Crippen LogP contribution in [0.5, 0.6) is 0 Å². The zero-order valence-electron chi connectivity index (χ0n) is 9.91. The number of amides is 1. The van der Waals surface area contributed by atoms with E-state index in [1.54, 1.807) is 13.8 Å². The van der Waals surface area contributed by atoms with Crippen LogP contribution in [0.2, 0.25) is 5.02 Å². The first-order valence-electron chi connectivity index (χ1n) is 5.32. The van der Waals surface area contributed by atoms with Crippen molar-refractivity contribution in [2.45, 2.75) is 19.9 Å². The lowest BCUT2D eigenvalue weighted by molar-refractivity contribution is -0.140. The summed E-state index contributed by atoms with van der Waals surface area (Å²) >= 11 is 5.55. The molecular weight excluding hydrogens is 261 g/mol. The largest absolute Gasteiger partial charge is 0.480 e. The third-order valence-electron chi connectivity index (χ3n) is 2.42. The molecule has 0 aromatic heterocycles. The maximum atomic E-state index is 13.6. The summed E-state index contributed by atoms with van der Waals surface area (Å²) in [6.07, 6.45) is 0. The smallest absolute Gasteiger partial charge is 0.326 e. The summed E-state index contributed by atoms with van der Waals surface area (Å²) in [4.78, 5) is 22.7. The molecule has 0 aliphatic carbocycles. The van der Waals surface area contributed by atoms with Gasteiger partial charge in [0.2, 0.25) is 0 Å². The lowest BCUT2D eigenvalue weighted by Crippen LogP contribution is -2.44. The fraction of sp³-hybridized carbons (Fsp3) is 0.333. The normalized spacial score (nSPS) is 12.3. The Kier molecular flexibility index (Phi) is 4.67. The molecule has 1 aromatic carbocycles. The van der Waals surface area contributed by atoms with Crippen molar-refractivity contribution < 1.29 is 19.1 Å². The first-order valence-corrected chi connectivity index (χ1v) is 5.70. The van der Waals surface area contributed by atoms with Crippen molar-refractivity contribution >= 4 is 23.5 Å². The van der Waals surface area contributed by atoms with Crippen LogP contribution in [-0.2, 0) is 4.79 Å². The lowest BCUT2D eigenvalue weighted by Gasteiger charge is -2.18. The Bertz CT molecular complexity index is 476. The highest BCUT2D eigenvalue weighted by molar-refractivity contribution is 6.31. The van der Waals surface area contributed by atoms with E-state index in [1.807, 2.05) is 0 Å². The summed E-state index contributed by atoms with van der Waals surface area (Å²) in [6, 6.07) is 2.90. The van der Waals surface area contributed by atoms with E-state index in [0.717, 1.165) is 0 Å². The Morgan fingerprint density at radius 3 is 2.50 bits per heavy atom. The predicted molar refractivity (Wildman–Crippen MR) is 65.1 cm³/mol. The Morgan fingerprint density at radius 1 is 1.39 bits per heavy atom. The molecule has 1 atom stereocenters. The third-order valence-corrected chi connectivity index (χ3v) is 2.71. The standard InChI is InChI=1S/C12H13ClFNO3/c1-6(2)10(12(17)18)15-11(16)7-4-3-5-8(13)9(7)14/h3-6,10H,1-2H3,(H,15,16)(H,17,18). The predicted octanol–water partition coefficient (Wildman–Crippen LogP) is 2.32. The van der Waals surface area contributed by atoms with E-state index in [-0.39, 0.29) is 16.5 Å². The number of rotatable bonds is 4. The van der Waals surface area contributed by atoms with Crippen molar-refractivity contribution in [2.75, 3.05) is 0 Å². The van der Waals surface area contributed by atoms with Crippen LogP contribution in [-0.4, -0.2) is 23.0 Å². The summed E-state index contributed by atoms with van der Waals surface area (Å²) in [7, 11) is 0. The van der Waals surface area contributed by atoms with E-state index in [9.17, 15) is 14.0 Å². The number of hydrogen-bond acceptors (Lipinski definition) is 2. The summed E-state index contributed by atoms with van der Waals surface area (Å²) in [5.41, 5.74) is -0.269. The van der Waals surface area contributed by atoms with Crippen LogP contribution in [0.1, 0.15) is 24.2 Å². The number of benzene rings is 1. The van der Waals surface area contributed by atoms with E-state index in [2.05, 4.69) is 5.32 Å². The fourth-order valence-electron chi connectivity index (χ4n) is 1.41. The molecule has 0 spiro atoms. The molecule has 1 rings (SSSR count). The number of carboxylic acids is 1. The molecule has 1 unspecified atom stereocenters. The van der Waals surface area contributed by atoms with E-state index < -0.39 is 23.7 Å². The van der Waals surface area contributed by atoms with Gasteiger partial charge in [0.25, 0.3) is 5.91 Å². The highest BCUT2D eigenvalue weighted by Crippen LogP contribution is 2.18. The summed E-state index contributed by atoms with van der Waals surface area (Å²) in [6.45, 7) is 3.29.